The van der Waals surface area contributed by atoms with Crippen LogP contribution in [0.15, 0.2) is 24.3 Å². The quantitative estimate of drug-likeness (QED) is 0.697. The molecule has 0 aliphatic carbocycles. The maximum Gasteiger partial charge on any atom is 0.119 e. The van der Waals surface area contributed by atoms with E-state index in [9.17, 15) is 5.11 Å². The minimum absolute atomic E-state index is 0.119. The smallest absolute Gasteiger partial charge is 0.119 e. The summed E-state index contributed by atoms with van der Waals surface area (Å²) in [5, 5.41) is 13.2. The maximum absolute atomic E-state index is 9.79. The molecule has 1 aromatic rings. The molecule has 120 valence electrons. The summed E-state index contributed by atoms with van der Waals surface area (Å²) in [6, 6.07) is 8.28. The van der Waals surface area contributed by atoms with Crippen molar-refractivity contribution in [2.75, 3.05) is 19.8 Å². The van der Waals surface area contributed by atoms with Crippen LogP contribution in [0.2, 0.25) is 0 Å². The second-order valence-corrected chi connectivity index (χ2v) is 5.60. The molecule has 4 nitrogen and oxygen atoms in total. The van der Waals surface area contributed by atoms with Crippen LogP contribution in [0, 0.1) is 0 Å². The summed E-state index contributed by atoms with van der Waals surface area (Å²) in [4.78, 5) is 0. The van der Waals surface area contributed by atoms with Gasteiger partial charge in [0.1, 0.15) is 18.5 Å². The highest BCUT2D eigenvalue weighted by Gasteiger charge is 2.09. The zero-order chi connectivity index (χ0) is 15.7. The molecule has 2 atom stereocenters. The highest BCUT2D eigenvalue weighted by Crippen LogP contribution is 2.19. The van der Waals surface area contributed by atoms with Gasteiger partial charge in [-0.05, 0) is 51.4 Å². The summed E-state index contributed by atoms with van der Waals surface area (Å²) in [7, 11) is 0. The number of aliphatic hydroxyl groups excluding tert-OH is 1. The summed E-state index contributed by atoms with van der Waals surface area (Å²) < 4.78 is 11.0. The lowest BCUT2D eigenvalue weighted by molar-refractivity contribution is -0.0123. The van der Waals surface area contributed by atoms with E-state index >= 15 is 0 Å². The first-order valence-corrected chi connectivity index (χ1v) is 7.78. The third-order valence-corrected chi connectivity index (χ3v) is 3.12. The molecule has 2 unspecified atom stereocenters. The van der Waals surface area contributed by atoms with E-state index in [0.717, 1.165) is 18.7 Å². The van der Waals surface area contributed by atoms with Gasteiger partial charge in [0.15, 0.2) is 0 Å². The van der Waals surface area contributed by atoms with E-state index in [1.165, 1.54) is 5.56 Å². The predicted molar refractivity (Wildman–Crippen MR) is 85.7 cm³/mol. The van der Waals surface area contributed by atoms with Gasteiger partial charge in [0.25, 0.3) is 0 Å². The Labute approximate surface area is 128 Å². The Balaban J connectivity index is 2.45. The first-order chi connectivity index (χ1) is 10.0. The Morgan fingerprint density at radius 2 is 1.95 bits per heavy atom. The topological polar surface area (TPSA) is 50.7 Å². The third-order valence-electron chi connectivity index (χ3n) is 3.12. The van der Waals surface area contributed by atoms with Gasteiger partial charge in [-0.1, -0.05) is 19.1 Å². The van der Waals surface area contributed by atoms with Crippen molar-refractivity contribution in [3.05, 3.63) is 29.8 Å². The minimum Gasteiger partial charge on any atom is -0.491 e. The lowest BCUT2D eigenvalue weighted by Gasteiger charge is -2.17. The molecule has 0 saturated carbocycles. The summed E-state index contributed by atoms with van der Waals surface area (Å²) in [6.45, 7) is 9.72. The average molecular weight is 295 g/mol. The van der Waals surface area contributed by atoms with Crippen LogP contribution in [-0.2, 0) is 4.74 Å². The van der Waals surface area contributed by atoms with Gasteiger partial charge in [-0.2, -0.15) is 0 Å². The van der Waals surface area contributed by atoms with Crippen molar-refractivity contribution < 1.29 is 14.6 Å². The number of ether oxygens (including phenoxy) is 2. The van der Waals surface area contributed by atoms with Gasteiger partial charge in [-0.15, -0.1) is 0 Å². The Bertz CT molecular complexity index is 395. The molecule has 21 heavy (non-hydrogen) atoms. The zero-order valence-electron chi connectivity index (χ0n) is 13.6. The molecule has 0 bridgehead atoms. The van der Waals surface area contributed by atoms with Crippen molar-refractivity contribution in [3.8, 4) is 5.75 Å². The van der Waals surface area contributed by atoms with Crippen molar-refractivity contribution in [3.63, 3.8) is 0 Å². The van der Waals surface area contributed by atoms with E-state index in [-0.39, 0.29) is 12.7 Å². The van der Waals surface area contributed by atoms with E-state index in [1.807, 2.05) is 32.0 Å². The average Bonchev–Trinajstić information content (AvgIpc) is 2.48. The van der Waals surface area contributed by atoms with Gasteiger partial charge in [0, 0.05) is 6.04 Å². The molecule has 0 aliphatic heterocycles. The van der Waals surface area contributed by atoms with Crippen LogP contribution in [0.4, 0.5) is 0 Å². The van der Waals surface area contributed by atoms with Crippen LogP contribution in [-0.4, -0.2) is 37.1 Å². The first kappa shape index (κ1) is 18.0. The Kier molecular flexibility index (Phi) is 8.35. The molecule has 0 spiro atoms. The summed E-state index contributed by atoms with van der Waals surface area (Å²) in [5.74, 6) is 0.779. The van der Waals surface area contributed by atoms with E-state index < -0.39 is 6.10 Å². The summed E-state index contributed by atoms with van der Waals surface area (Å²) in [6.07, 6.45) is 0.628. The highest BCUT2D eigenvalue weighted by atomic mass is 16.5. The lowest BCUT2D eigenvalue weighted by atomic mass is 10.1. The highest BCUT2D eigenvalue weighted by molar-refractivity contribution is 5.30. The largest absolute Gasteiger partial charge is 0.491 e. The van der Waals surface area contributed by atoms with Crippen LogP contribution >= 0.6 is 0 Å². The molecule has 1 rings (SSSR count). The van der Waals surface area contributed by atoms with Crippen molar-refractivity contribution in [2.45, 2.75) is 52.4 Å². The lowest BCUT2D eigenvalue weighted by Crippen LogP contribution is -2.25. The number of aliphatic hydroxyl groups is 1. The van der Waals surface area contributed by atoms with Crippen molar-refractivity contribution in [2.24, 2.45) is 0 Å². The van der Waals surface area contributed by atoms with Crippen LogP contribution < -0.4 is 10.1 Å². The minimum atomic E-state index is -0.605. The molecular weight excluding hydrogens is 266 g/mol. The number of hydrogen-bond donors (Lipinski definition) is 2. The van der Waals surface area contributed by atoms with E-state index in [4.69, 9.17) is 9.47 Å². The maximum atomic E-state index is 9.79. The van der Waals surface area contributed by atoms with Gasteiger partial charge >= 0.3 is 0 Å². The Hall–Kier alpha value is -1.10. The molecule has 0 fully saturated rings. The standard InChI is InChI=1S/C17H29NO3/c1-5-9-18-14(4)15-7-6-8-17(10-15)21-12-16(19)11-20-13(2)3/h6-8,10,13-14,16,18-19H,5,9,11-12H2,1-4H3. The molecule has 0 amide bonds. The molecule has 0 aliphatic rings. The fourth-order valence-corrected chi connectivity index (χ4v) is 1.90. The normalized spacial score (nSPS) is 14.2. The molecule has 4 heteroatoms. The number of benzene rings is 1. The van der Waals surface area contributed by atoms with Crippen LogP contribution in [0.5, 0.6) is 5.75 Å². The summed E-state index contributed by atoms with van der Waals surface area (Å²) in [5.41, 5.74) is 1.19. The predicted octanol–water partition coefficient (Wildman–Crippen LogP) is 2.91. The number of hydrogen-bond acceptors (Lipinski definition) is 4. The van der Waals surface area contributed by atoms with Gasteiger partial charge in [0.2, 0.25) is 0 Å². The van der Waals surface area contributed by atoms with Crippen molar-refractivity contribution in [1.82, 2.24) is 5.32 Å². The fraction of sp³-hybridized carbons (Fsp3) is 0.647. The molecule has 1 aromatic carbocycles. The SMILES string of the molecule is CCCNC(C)c1cccc(OCC(O)COC(C)C)c1. The second-order valence-electron chi connectivity index (χ2n) is 5.60. The second kappa shape index (κ2) is 9.77. The Morgan fingerprint density at radius 3 is 2.62 bits per heavy atom. The molecular formula is C17H29NO3. The molecule has 2 N–H and O–H groups in total. The van der Waals surface area contributed by atoms with E-state index in [0.29, 0.717) is 12.6 Å². The molecule has 0 aromatic heterocycles. The van der Waals surface area contributed by atoms with Crippen molar-refractivity contribution in [1.29, 1.82) is 0 Å². The number of rotatable bonds is 10. The van der Waals surface area contributed by atoms with Gasteiger partial charge < -0.3 is 19.9 Å². The number of nitrogens with one attached hydrogen (secondary N) is 1. The fourth-order valence-electron chi connectivity index (χ4n) is 1.90. The van der Waals surface area contributed by atoms with E-state index in [1.54, 1.807) is 0 Å². The van der Waals surface area contributed by atoms with Gasteiger partial charge in [0.05, 0.1) is 12.7 Å². The first-order valence-electron chi connectivity index (χ1n) is 7.78. The molecule has 0 saturated heterocycles. The zero-order valence-corrected chi connectivity index (χ0v) is 13.6. The van der Waals surface area contributed by atoms with Gasteiger partial charge in [-0.3, -0.25) is 0 Å². The van der Waals surface area contributed by atoms with Crippen LogP contribution in [0.3, 0.4) is 0 Å². The van der Waals surface area contributed by atoms with Crippen LogP contribution in [0.25, 0.3) is 0 Å². The molecule has 0 heterocycles. The van der Waals surface area contributed by atoms with Gasteiger partial charge in [-0.25, -0.2) is 0 Å². The Morgan fingerprint density at radius 1 is 1.19 bits per heavy atom. The summed E-state index contributed by atoms with van der Waals surface area (Å²) >= 11 is 0. The molecule has 0 radical (unpaired) electrons. The van der Waals surface area contributed by atoms with Crippen molar-refractivity contribution >= 4 is 0 Å². The monoisotopic (exact) mass is 295 g/mol. The van der Waals surface area contributed by atoms with E-state index in [2.05, 4.69) is 25.2 Å². The third kappa shape index (κ3) is 7.46. The van der Waals surface area contributed by atoms with Crippen LogP contribution in [0.1, 0.15) is 45.7 Å².